The maximum absolute atomic E-state index is 12.5. The van der Waals surface area contributed by atoms with Crippen LogP contribution in [0.25, 0.3) is 0 Å². The number of halogens is 1. The van der Waals surface area contributed by atoms with Gasteiger partial charge in [0.05, 0.1) is 23.0 Å². The van der Waals surface area contributed by atoms with E-state index in [-0.39, 0.29) is 51.8 Å². The predicted molar refractivity (Wildman–Crippen MR) is 85.3 cm³/mol. The maximum Gasteiger partial charge on any atom is 0.270 e. The molecule has 0 spiro atoms. The Kier molecular flexibility index (Phi) is 3.28. The van der Waals surface area contributed by atoms with Crippen LogP contribution in [0.3, 0.4) is 0 Å². The van der Waals surface area contributed by atoms with Crippen molar-refractivity contribution in [2.24, 2.45) is 28.8 Å². The van der Waals surface area contributed by atoms with Crippen molar-refractivity contribution in [2.45, 2.75) is 6.42 Å². The molecule has 2 amide bonds. The van der Waals surface area contributed by atoms with Gasteiger partial charge in [-0.2, -0.15) is 10.1 Å². The minimum Gasteiger partial charge on any atom is -0.272 e. The fraction of sp³-hybridized carbons (Fsp3) is 0.312. The van der Waals surface area contributed by atoms with Crippen LogP contribution in [0.5, 0.6) is 0 Å². The Balaban J connectivity index is 1.61. The van der Waals surface area contributed by atoms with E-state index >= 15 is 0 Å². The van der Waals surface area contributed by atoms with Crippen molar-refractivity contribution in [1.29, 1.82) is 0 Å². The highest BCUT2D eigenvalue weighted by atomic mass is 35.5. The molecule has 1 saturated heterocycles. The van der Waals surface area contributed by atoms with Gasteiger partial charge in [-0.15, -0.1) is 0 Å². The second kappa shape index (κ2) is 5.24. The summed E-state index contributed by atoms with van der Waals surface area (Å²) in [5.74, 6) is -1.05. The highest BCUT2D eigenvalue weighted by Gasteiger charge is 2.59. The van der Waals surface area contributed by atoms with Gasteiger partial charge < -0.3 is 0 Å². The van der Waals surface area contributed by atoms with E-state index in [0.29, 0.717) is 0 Å². The SMILES string of the molecule is O=C1C2C3C=CC(C3)C2C(=O)N1/N=C/c1cc([N+](=O)[O-])ccc1Cl. The van der Waals surface area contributed by atoms with Gasteiger partial charge in [-0.25, -0.2) is 0 Å². The quantitative estimate of drug-likeness (QED) is 0.276. The third-order valence-corrected chi connectivity index (χ3v) is 5.29. The van der Waals surface area contributed by atoms with Crippen molar-refractivity contribution in [3.05, 3.63) is 51.1 Å². The number of amides is 2. The molecule has 0 N–H and O–H groups in total. The summed E-state index contributed by atoms with van der Waals surface area (Å²) >= 11 is 6.00. The number of allylic oxidation sites excluding steroid dienone is 2. The van der Waals surface area contributed by atoms with Crippen molar-refractivity contribution in [2.75, 3.05) is 0 Å². The molecule has 2 aliphatic carbocycles. The summed E-state index contributed by atoms with van der Waals surface area (Å²) in [6.45, 7) is 0. The molecule has 1 saturated carbocycles. The van der Waals surface area contributed by atoms with E-state index in [1.54, 1.807) is 0 Å². The fourth-order valence-corrected chi connectivity index (χ4v) is 4.03. The first kappa shape index (κ1) is 15.0. The Bertz CT molecular complexity index is 805. The van der Waals surface area contributed by atoms with Crippen LogP contribution in [-0.4, -0.2) is 28.0 Å². The lowest BCUT2D eigenvalue weighted by atomic mass is 9.85. The number of rotatable bonds is 3. The molecule has 0 radical (unpaired) electrons. The van der Waals surface area contributed by atoms with E-state index in [4.69, 9.17) is 11.6 Å². The van der Waals surface area contributed by atoms with Gasteiger partial charge in [0.25, 0.3) is 17.5 Å². The lowest BCUT2D eigenvalue weighted by molar-refractivity contribution is -0.384. The third kappa shape index (κ3) is 2.08. The summed E-state index contributed by atoms with van der Waals surface area (Å²) in [5.41, 5.74) is 0.142. The molecule has 3 aliphatic rings. The number of carbonyl (C=O) groups excluding carboxylic acids is 2. The second-order valence-electron chi connectivity index (χ2n) is 6.20. The van der Waals surface area contributed by atoms with Crippen molar-refractivity contribution in [3.8, 4) is 0 Å². The van der Waals surface area contributed by atoms with Crippen molar-refractivity contribution in [1.82, 2.24) is 5.01 Å². The molecular formula is C16H12ClN3O4. The van der Waals surface area contributed by atoms with Gasteiger partial charge in [-0.3, -0.25) is 19.7 Å². The van der Waals surface area contributed by atoms with Crippen molar-refractivity contribution in [3.63, 3.8) is 0 Å². The van der Waals surface area contributed by atoms with E-state index in [9.17, 15) is 19.7 Å². The van der Waals surface area contributed by atoms with Crippen LogP contribution >= 0.6 is 11.6 Å². The summed E-state index contributed by atoms with van der Waals surface area (Å²) in [5, 5.41) is 15.9. The fourth-order valence-electron chi connectivity index (χ4n) is 3.86. The zero-order valence-electron chi connectivity index (χ0n) is 12.3. The van der Waals surface area contributed by atoms with Crippen molar-refractivity contribution < 1.29 is 14.5 Å². The molecule has 1 aromatic carbocycles. The maximum atomic E-state index is 12.5. The Morgan fingerprint density at radius 1 is 1.21 bits per heavy atom. The molecule has 24 heavy (non-hydrogen) atoms. The Labute approximate surface area is 141 Å². The number of nitro benzene ring substituents is 1. The lowest BCUT2D eigenvalue weighted by Crippen LogP contribution is -2.28. The van der Waals surface area contributed by atoms with Crippen LogP contribution in [-0.2, 0) is 9.59 Å². The van der Waals surface area contributed by atoms with Gasteiger partial charge in [-0.05, 0) is 24.3 Å². The number of imide groups is 1. The van der Waals surface area contributed by atoms with Gasteiger partial charge in [0.2, 0.25) is 0 Å². The third-order valence-electron chi connectivity index (χ3n) is 4.95. The normalized spacial score (nSPS) is 30.6. The number of carbonyl (C=O) groups is 2. The number of hydrogen-bond acceptors (Lipinski definition) is 5. The average Bonchev–Trinajstić information content (AvgIpc) is 3.22. The molecule has 1 aliphatic heterocycles. The number of hydrogen-bond donors (Lipinski definition) is 0. The molecule has 1 aromatic rings. The Morgan fingerprint density at radius 2 is 1.83 bits per heavy atom. The van der Waals surface area contributed by atoms with Crippen LogP contribution in [0, 0.1) is 33.8 Å². The monoisotopic (exact) mass is 345 g/mol. The molecule has 8 heteroatoms. The van der Waals surface area contributed by atoms with E-state index < -0.39 is 4.92 Å². The number of benzene rings is 1. The van der Waals surface area contributed by atoms with Gasteiger partial charge >= 0.3 is 0 Å². The first-order valence-corrected chi connectivity index (χ1v) is 7.89. The summed E-state index contributed by atoms with van der Waals surface area (Å²) in [4.78, 5) is 35.3. The molecule has 4 unspecified atom stereocenters. The number of nitro groups is 1. The van der Waals surface area contributed by atoms with E-state index in [2.05, 4.69) is 5.10 Å². The number of non-ortho nitro benzene ring substituents is 1. The zero-order valence-corrected chi connectivity index (χ0v) is 13.1. The summed E-state index contributed by atoms with van der Waals surface area (Å²) in [7, 11) is 0. The smallest absolute Gasteiger partial charge is 0.270 e. The van der Waals surface area contributed by atoms with Crippen LogP contribution < -0.4 is 0 Å². The summed E-state index contributed by atoms with van der Waals surface area (Å²) in [6, 6.07) is 3.91. The van der Waals surface area contributed by atoms with Gasteiger partial charge in [0.1, 0.15) is 0 Å². The summed E-state index contributed by atoms with van der Waals surface area (Å²) < 4.78 is 0. The van der Waals surface area contributed by atoms with Crippen LogP contribution in [0.2, 0.25) is 5.02 Å². The minimum atomic E-state index is -0.548. The number of hydrazone groups is 1. The van der Waals surface area contributed by atoms with Gasteiger partial charge in [-0.1, -0.05) is 23.8 Å². The Morgan fingerprint density at radius 3 is 2.42 bits per heavy atom. The largest absolute Gasteiger partial charge is 0.272 e. The van der Waals surface area contributed by atoms with Gasteiger partial charge in [0.15, 0.2) is 0 Å². The molecule has 4 rings (SSSR count). The second-order valence-corrected chi connectivity index (χ2v) is 6.60. The van der Waals surface area contributed by atoms with Crippen LogP contribution in [0.1, 0.15) is 12.0 Å². The Hall–Kier alpha value is -2.54. The average molecular weight is 346 g/mol. The number of nitrogens with zero attached hydrogens (tertiary/aromatic N) is 3. The molecule has 0 aromatic heterocycles. The number of fused-ring (bicyclic) bond motifs is 5. The molecule has 2 fully saturated rings. The summed E-state index contributed by atoms with van der Waals surface area (Å²) in [6.07, 6.45) is 6.08. The molecule has 122 valence electrons. The highest BCUT2D eigenvalue weighted by molar-refractivity contribution is 6.33. The first-order valence-electron chi connectivity index (χ1n) is 7.51. The van der Waals surface area contributed by atoms with Gasteiger partial charge in [0, 0.05) is 22.7 Å². The van der Waals surface area contributed by atoms with E-state index in [0.717, 1.165) is 11.4 Å². The molecular weight excluding hydrogens is 334 g/mol. The standard InChI is InChI=1S/C16H12ClN3O4/c17-12-4-3-11(20(23)24)6-10(12)7-18-19-15(21)13-8-1-2-9(5-8)14(13)16(19)22/h1-4,6-9,13-14H,5H2/b18-7+. The van der Waals surface area contributed by atoms with Crippen LogP contribution in [0.15, 0.2) is 35.5 Å². The molecule has 4 atom stereocenters. The first-order chi connectivity index (χ1) is 11.5. The van der Waals surface area contributed by atoms with Crippen LogP contribution in [0.4, 0.5) is 5.69 Å². The highest BCUT2D eigenvalue weighted by Crippen LogP contribution is 2.52. The minimum absolute atomic E-state index is 0.109. The predicted octanol–water partition coefficient (Wildman–Crippen LogP) is 2.39. The van der Waals surface area contributed by atoms with E-state index in [1.807, 2.05) is 12.2 Å². The van der Waals surface area contributed by atoms with Crippen molar-refractivity contribution >= 4 is 35.3 Å². The molecule has 2 bridgehead atoms. The topological polar surface area (TPSA) is 92.9 Å². The van der Waals surface area contributed by atoms with E-state index in [1.165, 1.54) is 24.4 Å². The molecule has 1 heterocycles. The zero-order chi connectivity index (χ0) is 17.0. The molecule has 7 nitrogen and oxygen atoms in total. The lowest BCUT2D eigenvalue weighted by Gasteiger charge is -2.13.